The molecular formula is C21H22N8O2. The monoisotopic (exact) mass is 418 g/mol. The van der Waals surface area contributed by atoms with Crippen molar-refractivity contribution in [3.63, 3.8) is 0 Å². The number of benzene rings is 1. The molecule has 4 rings (SSSR count). The lowest BCUT2D eigenvalue weighted by Crippen LogP contribution is -2.13. The lowest BCUT2D eigenvalue weighted by atomic mass is 10.1. The summed E-state index contributed by atoms with van der Waals surface area (Å²) in [6.07, 6.45) is 3.48. The third kappa shape index (κ3) is 5.89. The Balaban J connectivity index is 1.31. The Labute approximate surface area is 178 Å². The van der Waals surface area contributed by atoms with E-state index in [1.807, 2.05) is 24.3 Å². The van der Waals surface area contributed by atoms with E-state index in [0.717, 1.165) is 18.5 Å². The number of hydrogen-bond acceptors (Lipinski definition) is 8. The molecule has 158 valence electrons. The van der Waals surface area contributed by atoms with Crippen LogP contribution in [0.1, 0.15) is 22.7 Å². The number of aromatic nitrogens is 5. The highest BCUT2D eigenvalue weighted by molar-refractivity contribution is 5.76. The number of aryl methyl sites for hydroxylation is 2. The van der Waals surface area contributed by atoms with Gasteiger partial charge in [-0.25, -0.2) is 4.98 Å². The van der Waals surface area contributed by atoms with Gasteiger partial charge in [0.1, 0.15) is 5.82 Å². The van der Waals surface area contributed by atoms with Crippen LogP contribution in [0.3, 0.4) is 0 Å². The maximum atomic E-state index is 10.9. The lowest BCUT2D eigenvalue weighted by molar-refractivity contribution is -0.117. The number of anilines is 3. The summed E-state index contributed by atoms with van der Waals surface area (Å²) in [5.41, 5.74) is 7.96. The second kappa shape index (κ2) is 9.53. The zero-order valence-electron chi connectivity index (χ0n) is 16.7. The minimum Gasteiger partial charge on any atom is -0.369 e. The number of H-pyrrole nitrogens is 1. The molecule has 4 aromatic rings. The quantitative estimate of drug-likeness (QED) is 0.307. The van der Waals surface area contributed by atoms with Crippen LogP contribution >= 0.6 is 0 Å². The van der Waals surface area contributed by atoms with E-state index < -0.39 is 5.91 Å². The standard InChI is InChI=1S/C21H22N8O2/c22-18(30)11-16-10-17(31-29-16)13-24-21-23-9-8-19(26-21)25-20-12-15(27-28-20)7-6-14-4-2-1-3-5-14/h1-5,8-10,12H,6-7,11,13H2,(H2,22,30)(H3,23,24,25,26,27,28). The molecule has 0 saturated carbocycles. The molecule has 3 heterocycles. The normalized spacial score (nSPS) is 10.7. The van der Waals surface area contributed by atoms with Gasteiger partial charge in [0.05, 0.1) is 18.7 Å². The van der Waals surface area contributed by atoms with Crippen LogP contribution in [0.25, 0.3) is 0 Å². The molecule has 0 aliphatic heterocycles. The summed E-state index contributed by atoms with van der Waals surface area (Å²) in [6.45, 7) is 0.321. The molecule has 0 fully saturated rings. The van der Waals surface area contributed by atoms with Gasteiger partial charge in [-0.15, -0.1) is 0 Å². The molecule has 0 saturated heterocycles. The fourth-order valence-electron chi connectivity index (χ4n) is 2.99. The Morgan fingerprint density at radius 3 is 2.81 bits per heavy atom. The summed E-state index contributed by atoms with van der Waals surface area (Å²) in [4.78, 5) is 19.5. The molecule has 3 aromatic heterocycles. The SMILES string of the molecule is NC(=O)Cc1cc(CNc2nccc(Nc3cc(CCc4ccccc4)[nH]n3)n2)on1. The summed E-state index contributed by atoms with van der Waals surface area (Å²) in [7, 11) is 0. The zero-order chi connectivity index (χ0) is 21.5. The maximum absolute atomic E-state index is 10.9. The van der Waals surface area contributed by atoms with Gasteiger partial charge in [-0.1, -0.05) is 35.5 Å². The molecule has 0 unspecified atom stereocenters. The van der Waals surface area contributed by atoms with Gasteiger partial charge in [0.15, 0.2) is 11.6 Å². The topological polar surface area (TPSA) is 148 Å². The summed E-state index contributed by atoms with van der Waals surface area (Å²) in [6, 6.07) is 15.7. The summed E-state index contributed by atoms with van der Waals surface area (Å²) >= 11 is 0. The molecule has 0 aliphatic carbocycles. The molecule has 0 spiro atoms. The number of rotatable bonds is 10. The molecule has 10 nitrogen and oxygen atoms in total. The van der Waals surface area contributed by atoms with Crippen molar-refractivity contribution in [3.8, 4) is 0 Å². The number of carbonyl (C=O) groups excluding carboxylic acids is 1. The van der Waals surface area contributed by atoms with E-state index in [4.69, 9.17) is 10.3 Å². The molecule has 0 atom stereocenters. The molecule has 1 amide bonds. The third-order valence-corrected chi connectivity index (χ3v) is 4.45. The predicted molar refractivity (Wildman–Crippen MR) is 114 cm³/mol. The van der Waals surface area contributed by atoms with Gasteiger partial charge in [-0.05, 0) is 24.5 Å². The highest BCUT2D eigenvalue weighted by Crippen LogP contribution is 2.16. The van der Waals surface area contributed by atoms with E-state index in [0.29, 0.717) is 35.6 Å². The number of nitrogens with one attached hydrogen (secondary N) is 3. The fraction of sp³-hybridized carbons (Fsp3) is 0.190. The van der Waals surface area contributed by atoms with Crippen LogP contribution in [-0.4, -0.2) is 31.2 Å². The van der Waals surface area contributed by atoms with Crippen LogP contribution in [0.15, 0.2) is 59.3 Å². The summed E-state index contributed by atoms with van der Waals surface area (Å²) in [5, 5.41) is 17.4. The largest absolute Gasteiger partial charge is 0.369 e. The van der Waals surface area contributed by atoms with Crippen LogP contribution in [-0.2, 0) is 30.6 Å². The van der Waals surface area contributed by atoms with Crippen molar-refractivity contribution in [2.45, 2.75) is 25.8 Å². The number of amides is 1. The average molecular weight is 418 g/mol. The first-order valence-electron chi connectivity index (χ1n) is 9.79. The van der Waals surface area contributed by atoms with Crippen LogP contribution in [0.4, 0.5) is 17.6 Å². The smallest absolute Gasteiger partial charge is 0.224 e. The van der Waals surface area contributed by atoms with Gasteiger partial charge in [-0.2, -0.15) is 10.1 Å². The van der Waals surface area contributed by atoms with Crippen molar-refractivity contribution < 1.29 is 9.32 Å². The van der Waals surface area contributed by atoms with Gasteiger partial charge in [0.2, 0.25) is 11.9 Å². The molecule has 0 radical (unpaired) electrons. The van der Waals surface area contributed by atoms with Crippen molar-refractivity contribution in [2.75, 3.05) is 10.6 Å². The second-order valence-corrected chi connectivity index (χ2v) is 6.94. The van der Waals surface area contributed by atoms with Crippen molar-refractivity contribution in [2.24, 2.45) is 5.73 Å². The molecule has 31 heavy (non-hydrogen) atoms. The predicted octanol–water partition coefficient (Wildman–Crippen LogP) is 2.36. The van der Waals surface area contributed by atoms with Crippen molar-refractivity contribution >= 4 is 23.5 Å². The summed E-state index contributed by atoms with van der Waals surface area (Å²) in [5.74, 6) is 1.78. The highest BCUT2D eigenvalue weighted by atomic mass is 16.5. The first kappa shape index (κ1) is 20.1. The average Bonchev–Trinajstić information content (AvgIpc) is 3.41. The number of nitrogens with zero attached hydrogens (tertiary/aromatic N) is 4. The van der Waals surface area contributed by atoms with Gasteiger partial charge < -0.3 is 20.9 Å². The Kier molecular flexibility index (Phi) is 6.17. The maximum Gasteiger partial charge on any atom is 0.224 e. The zero-order valence-corrected chi connectivity index (χ0v) is 16.7. The summed E-state index contributed by atoms with van der Waals surface area (Å²) < 4.78 is 5.17. The van der Waals surface area contributed by atoms with Crippen LogP contribution in [0.5, 0.6) is 0 Å². The van der Waals surface area contributed by atoms with E-state index in [1.54, 1.807) is 18.3 Å². The first-order chi connectivity index (χ1) is 15.1. The van der Waals surface area contributed by atoms with Crippen LogP contribution < -0.4 is 16.4 Å². The highest BCUT2D eigenvalue weighted by Gasteiger charge is 2.08. The molecule has 5 N–H and O–H groups in total. The van der Waals surface area contributed by atoms with E-state index >= 15 is 0 Å². The van der Waals surface area contributed by atoms with E-state index in [2.05, 4.69) is 48.1 Å². The van der Waals surface area contributed by atoms with Crippen LogP contribution in [0.2, 0.25) is 0 Å². The number of primary amides is 1. The third-order valence-electron chi connectivity index (χ3n) is 4.45. The van der Waals surface area contributed by atoms with Gasteiger partial charge in [0.25, 0.3) is 0 Å². The second-order valence-electron chi connectivity index (χ2n) is 6.94. The van der Waals surface area contributed by atoms with Gasteiger partial charge in [0, 0.05) is 24.0 Å². The molecule has 0 bridgehead atoms. The van der Waals surface area contributed by atoms with Crippen LogP contribution in [0, 0.1) is 0 Å². The molecule has 0 aliphatic rings. The van der Waals surface area contributed by atoms with Crippen molar-refractivity contribution in [1.82, 2.24) is 25.3 Å². The van der Waals surface area contributed by atoms with Gasteiger partial charge >= 0.3 is 0 Å². The number of hydrogen-bond donors (Lipinski definition) is 4. The Bertz CT molecular complexity index is 1140. The Hall–Kier alpha value is -4.21. The van der Waals surface area contributed by atoms with E-state index in [1.165, 1.54) is 5.56 Å². The number of nitrogens with two attached hydrogens (primary N) is 1. The van der Waals surface area contributed by atoms with Crippen molar-refractivity contribution in [3.05, 3.63) is 77.4 Å². The fourth-order valence-corrected chi connectivity index (χ4v) is 2.99. The number of aromatic amines is 1. The minimum absolute atomic E-state index is 0.0381. The molecular weight excluding hydrogens is 396 g/mol. The first-order valence-corrected chi connectivity index (χ1v) is 9.79. The lowest BCUT2D eigenvalue weighted by Gasteiger charge is -2.05. The molecule has 1 aromatic carbocycles. The number of carbonyl (C=O) groups is 1. The minimum atomic E-state index is -0.462. The molecule has 10 heteroatoms. The van der Waals surface area contributed by atoms with Gasteiger partial charge in [-0.3, -0.25) is 9.89 Å². The van der Waals surface area contributed by atoms with E-state index in [-0.39, 0.29) is 6.42 Å². The van der Waals surface area contributed by atoms with Crippen molar-refractivity contribution in [1.29, 1.82) is 0 Å². The Morgan fingerprint density at radius 1 is 1.10 bits per heavy atom. The van der Waals surface area contributed by atoms with E-state index in [9.17, 15) is 4.79 Å². The Morgan fingerprint density at radius 2 is 1.97 bits per heavy atom.